The second-order valence-electron chi connectivity index (χ2n) is 7.22. The number of fused-ring (bicyclic) bond motifs is 1. The van der Waals surface area contributed by atoms with E-state index < -0.39 is 0 Å². The fourth-order valence-corrected chi connectivity index (χ4v) is 3.43. The quantitative estimate of drug-likeness (QED) is 0.303. The van der Waals surface area contributed by atoms with E-state index in [1.807, 2.05) is 48.7 Å². The van der Waals surface area contributed by atoms with Crippen LogP contribution in [0, 0.1) is 0 Å². The lowest BCUT2D eigenvalue weighted by molar-refractivity contribution is 0.122. The number of pyridine rings is 1. The van der Waals surface area contributed by atoms with Crippen LogP contribution >= 0.6 is 0 Å². The van der Waals surface area contributed by atoms with Crippen molar-refractivity contribution in [3.05, 3.63) is 66.1 Å². The van der Waals surface area contributed by atoms with Crippen molar-refractivity contribution in [2.24, 2.45) is 5.10 Å². The van der Waals surface area contributed by atoms with E-state index in [4.69, 9.17) is 4.74 Å². The van der Waals surface area contributed by atoms with Crippen LogP contribution in [-0.2, 0) is 11.3 Å². The Morgan fingerprint density at radius 3 is 2.75 bits per heavy atom. The minimum absolute atomic E-state index is 0.362. The van der Waals surface area contributed by atoms with Crippen molar-refractivity contribution in [1.82, 2.24) is 24.9 Å². The summed E-state index contributed by atoms with van der Waals surface area (Å²) < 4.78 is 5.45. The summed E-state index contributed by atoms with van der Waals surface area (Å²) in [7, 11) is 0. The molecule has 4 heterocycles. The van der Waals surface area contributed by atoms with Gasteiger partial charge in [-0.05, 0) is 18.2 Å². The monoisotopic (exact) mass is 429 g/mol. The lowest BCUT2D eigenvalue weighted by atomic mass is 10.2. The van der Waals surface area contributed by atoms with Gasteiger partial charge in [0.05, 0.1) is 31.7 Å². The van der Waals surface area contributed by atoms with E-state index in [2.05, 4.69) is 45.7 Å². The molecule has 162 valence electrons. The lowest BCUT2D eigenvalue weighted by Gasteiger charge is -2.27. The topological polar surface area (TPSA) is 116 Å². The molecule has 0 amide bonds. The number of H-pyrrole nitrogens is 1. The first kappa shape index (κ1) is 19.9. The average Bonchev–Trinajstić information content (AvgIpc) is 3.27. The first-order valence-corrected chi connectivity index (χ1v) is 10.4. The summed E-state index contributed by atoms with van der Waals surface area (Å²) in [4.78, 5) is 23.2. The number of nitrogens with zero attached hydrogens (tertiary/aromatic N) is 6. The van der Waals surface area contributed by atoms with Crippen molar-refractivity contribution in [3.8, 4) is 0 Å². The third-order valence-corrected chi connectivity index (χ3v) is 5.06. The molecule has 0 radical (unpaired) electrons. The van der Waals surface area contributed by atoms with Gasteiger partial charge in [-0.15, -0.1) is 0 Å². The summed E-state index contributed by atoms with van der Waals surface area (Å²) in [6, 6.07) is 13.9. The molecule has 1 aliphatic heterocycles. The summed E-state index contributed by atoms with van der Waals surface area (Å²) in [5.74, 6) is 1.40. The van der Waals surface area contributed by atoms with Crippen LogP contribution in [0.15, 0.2) is 60.0 Å². The molecule has 1 aromatic carbocycles. The molecule has 0 saturated carbocycles. The van der Waals surface area contributed by atoms with Gasteiger partial charge in [0, 0.05) is 41.9 Å². The standard InChI is InChI=1S/C22H23N9O/c1-2-7-19-18(6-1)16(13-24-19)14-26-30-21-27-20(25-15-17-5-3-4-8-23-17)28-22(29-21)31-9-11-32-12-10-31/h1-8,13-14,24H,9-12,15H2,(H2,25,27,28,29,30)/b26-14+. The van der Waals surface area contributed by atoms with Crippen LogP contribution in [0.25, 0.3) is 10.9 Å². The van der Waals surface area contributed by atoms with E-state index in [1.54, 1.807) is 12.4 Å². The number of anilines is 3. The van der Waals surface area contributed by atoms with Crippen LogP contribution in [0.5, 0.6) is 0 Å². The number of ether oxygens (including phenoxy) is 1. The molecular formula is C22H23N9O. The van der Waals surface area contributed by atoms with Gasteiger partial charge >= 0.3 is 0 Å². The Kier molecular flexibility index (Phi) is 5.84. The third kappa shape index (κ3) is 4.65. The molecule has 0 aliphatic carbocycles. The highest BCUT2D eigenvalue weighted by Gasteiger charge is 2.16. The predicted molar refractivity (Wildman–Crippen MR) is 124 cm³/mol. The molecule has 0 atom stereocenters. The zero-order valence-corrected chi connectivity index (χ0v) is 17.4. The molecule has 4 aromatic rings. The van der Waals surface area contributed by atoms with Gasteiger partial charge in [0.15, 0.2) is 0 Å². The van der Waals surface area contributed by atoms with Crippen molar-refractivity contribution < 1.29 is 4.74 Å². The van der Waals surface area contributed by atoms with Gasteiger partial charge in [-0.2, -0.15) is 20.1 Å². The highest BCUT2D eigenvalue weighted by molar-refractivity contribution is 5.99. The first-order chi connectivity index (χ1) is 15.8. The van der Waals surface area contributed by atoms with Crippen LogP contribution in [0.4, 0.5) is 17.8 Å². The number of hydrogen-bond donors (Lipinski definition) is 3. The maximum Gasteiger partial charge on any atom is 0.250 e. The number of hydrazone groups is 1. The number of morpholine rings is 1. The smallest absolute Gasteiger partial charge is 0.250 e. The number of benzene rings is 1. The predicted octanol–water partition coefficient (Wildman–Crippen LogP) is 2.64. The molecule has 1 fully saturated rings. The minimum atomic E-state index is 0.362. The molecule has 0 spiro atoms. The highest BCUT2D eigenvalue weighted by Crippen LogP contribution is 2.17. The molecular weight excluding hydrogens is 406 g/mol. The fraction of sp³-hybridized carbons (Fsp3) is 0.227. The summed E-state index contributed by atoms with van der Waals surface area (Å²) >= 11 is 0. The van der Waals surface area contributed by atoms with Crippen LogP contribution < -0.4 is 15.6 Å². The number of para-hydroxylation sites is 1. The number of aromatic amines is 1. The fourth-order valence-electron chi connectivity index (χ4n) is 3.43. The third-order valence-electron chi connectivity index (χ3n) is 5.06. The van der Waals surface area contributed by atoms with Crippen LogP contribution in [0.2, 0.25) is 0 Å². The Morgan fingerprint density at radius 2 is 1.88 bits per heavy atom. The molecule has 0 bridgehead atoms. The Bertz CT molecular complexity index is 1200. The van der Waals surface area contributed by atoms with Crippen molar-refractivity contribution in [3.63, 3.8) is 0 Å². The van der Waals surface area contributed by atoms with Crippen molar-refractivity contribution in [2.75, 3.05) is 41.9 Å². The van der Waals surface area contributed by atoms with Gasteiger partial charge in [0.2, 0.25) is 17.8 Å². The molecule has 10 nitrogen and oxygen atoms in total. The van der Waals surface area contributed by atoms with Crippen molar-refractivity contribution >= 4 is 35.0 Å². The van der Waals surface area contributed by atoms with Gasteiger partial charge in [-0.3, -0.25) is 4.98 Å². The van der Waals surface area contributed by atoms with E-state index >= 15 is 0 Å². The van der Waals surface area contributed by atoms with E-state index in [0.29, 0.717) is 37.6 Å². The molecule has 1 saturated heterocycles. The second kappa shape index (κ2) is 9.40. The molecule has 1 aliphatic rings. The highest BCUT2D eigenvalue weighted by atomic mass is 16.5. The molecule has 10 heteroatoms. The van der Waals surface area contributed by atoms with Gasteiger partial charge in [-0.25, -0.2) is 5.43 Å². The Hall–Kier alpha value is -4.05. The Morgan fingerprint density at radius 1 is 1.03 bits per heavy atom. The summed E-state index contributed by atoms with van der Waals surface area (Å²) in [5, 5.41) is 8.68. The van der Waals surface area contributed by atoms with Gasteiger partial charge < -0.3 is 19.9 Å². The minimum Gasteiger partial charge on any atom is -0.378 e. The van der Waals surface area contributed by atoms with Crippen LogP contribution in [0.1, 0.15) is 11.3 Å². The molecule has 3 aromatic heterocycles. The first-order valence-electron chi connectivity index (χ1n) is 10.4. The van der Waals surface area contributed by atoms with E-state index in [-0.39, 0.29) is 0 Å². The molecule has 32 heavy (non-hydrogen) atoms. The van der Waals surface area contributed by atoms with Gasteiger partial charge in [0.1, 0.15) is 0 Å². The zero-order chi connectivity index (χ0) is 21.6. The molecule has 0 unspecified atom stereocenters. The lowest BCUT2D eigenvalue weighted by Crippen LogP contribution is -2.37. The molecule has 5 rings (SSSR count). The largest absolute Gasteiger partial charge is 0.378 e. The summed E-state index contributed by atoms with van der Waals surface area (Å²) in [5.41, 5.74) is 5.88. The van der Waals surface area contributed by atoms with Crippen LogP contribution in [0.3, 0.4) is 0 Å². The van der Waals surface area contributed by atoms with Crippen molar-refractivity contribution in [2.45, 2.75) is 6.54 Å². The number of hydrogen-bond acceptors (Lipinski definition) is 9. The normalized spacial score (nSPS) is 14.2. The van der Waals surface area contributed by atoms with E-state index in [0.717, 1.165) is 35.2 Å². The molecule has 3 N–H and O–H groups in total. The maximum absolute atomic E-state index is 5.45. The number of nitrogens with one attached hydrogen (secondary N) is 3. The Labute approximate surface area is 184 Å². The van der Waals surface area contributed by atoms with Gasteiger partial charge in [-0.1, -0.05) is 24.3 Å². The van der Waals surface area contributed by atoms with E-state index in [1.165, 1.54) is 0 Å². The summed E-state index contributed by atoms with van der Waals surface area (Å²) in [6.45, 7) is 3.24. The zero-order valence-electron chi connectivity index (χ0n) is 17.4. The van der Waals surface area contributed by atoms with E-state index in [9.17, 15) is 0 Å². The second-order valence-corrected chi connectivity index (χ2v) is 7.22. The van der Waals surface area contributed by atoms with Gasteiger partial charge in [0.25, 0.3) is 0 Å². The maximum atomic E-state index is 5.45. The summed E-state index contributed by atoms with van der Waals surface area (Å²) in [6.07, 6.45) is 5.43. The Balaban J connectivity index is 1.35. The number of rotatable bonds is 7. The van der Waals surface area contributed by atoms with Crippen LogP contribution in [-0.4, -0.2) is 57.4 Å². The SMILES string of the molecule is C(=N\Nc1nc(NCc2ccccn2)nc(N2CCOCC2)n1)/c1c[nH]c2ccccc12. The number of aromatic nitrogens is 5. The van der Waals surface area contributed by atoms with Crippen molar-refractivity contribution in [1.29, 1.82) is 0 Å². The average molecular weight is 429 g/mol.